The number of carbonyl (C=O) groups excluding carboxylic acids is 1. The fourth-order valence-corrected chi connectivity index (χ4v) is 4.87. The Labute approximate surface area is 199 Å². The van der Waals surface area contributed by atoms with E-state index >= 15 is 0 Å². The van der Waals surface area contributed by atoms with Gasteiger partial charge < -0.3 is 20.3 Å². The number of nitrogens with two attached hydrogens (primary N) is 1. The fourth-order valence-electron chi connectivity index (χ4n) is 4.87. The molecule has 0 bridgehead atoms. The molecule has 9 nitrogen and oxygen atoms in total. The van der Waals surface area contributed by atoms with Crippen molar-refractivity contribution in [2.45, 2.75) is 26.3 Å². The molecule has 4 heterocycles. The molecule has 9 heteroatoms. The minimum Gasteiger partial charge on any atom is -0.381 e. The lowest BCUT2D eigenvalue weighted by Crippen LogP contribution is -2.31. The highest BCUT2D eigenvalue weighted by Gasteiger charge is 2.23. The normalized spacial score (nSPS) is 18.1. The standard InChI is InChI=1S/C25H31N7O2/c1-16-8-18(9-19-13-30(2)6-4-21(16)19)22-11-27-23(26)24(29-22)32-14-20(10-28-32)25(33)31(3)12-17-5-7-34-15-17/h8-11,14,17H,4-7,12-13,15H2,1-3H3,(H2,26,27). The van der Waals surface area contributed by atoms with Crippen LogP contribution in [0.1, 0.15) is 33.5 Å². The molecule has 1 saturated heterocycles. The van der Waals surface area contributed by atoms with Crippen LogP contribution in [-0.2, 0) is 17.7 Å². The third-order valence-electron chi connectivity index (χ3n) is 6.78. The molecular formula is C25H31N7O2. The number of rotatable bonds is 5. The van der Waals surface area contributed by atoms with Crippen molar-refractivity contribution in [3.63, 3.8) is 0 Å². The van der Waals surface area contributed by atoms with E-state index in [0.29, 0.717) is 30.5 Å². The number of benzene rings is 1. The largest absolute Gasteiger partial charge is 0.381 e. The lowest BCUT2D eigenvalue weighted by Gasteiger charge is -2.27. The average Bonchev–Trinajstić information content (AvgIpc) is 3.51. The summed E-state index contributed by atoms with van der Waals surface area (Å²) in [5.74, 6) is 0.963. The highest BCUT2D eigenvalue weighted by Crippen LogP contribution is 2.29. The van der Waals surface area contributed by atoms with E-state index in [4.69, 9.17) is 15.5 Å². The predicted molar refractivity (Wildman–Crippen MR) is 130 cm³/mol. The zero-order chi connectivity index (χ0) is 23.8. The zero-order valence-electron chi connectivity index (χ0n) is 20.0. The summed E-state index contributed by atoms with van der Waals surface area (Å²) in [4.78, 5) is 26.1. The van der Waals surface area contributed by atoms with E-state index in [0.717, 1.165) is 43.8 Å². The number of nitrogen functional groups attached to an aromatic ring is 1. The molecule has 1 unspecified atom stereocenters. The maximum Gasteiger partial charge on any atom is 0.256 e. The first kappa shape index (κ1) is 22.5. The van der Waals surface area contributed by atoms with Crippen molar-refractivity contribution in [1.29, 1.82) is 0 Å². The summed E-state index contributed by atoms with van der Waals surface area (Å²) in [6.07, 6.45) is 6.95. The number of carbonyl (C=O) groups is 1. The maximum absolute atomic E-state index is 12.9. The molecule has 2 aliphatic rings. The van der Waals surface area contributed by atoms with E-state index in [2.05, 4.69) is 41.1 Å². The Balaban J connectivity index is 1.41. The lowest BCUT2D eigenvalue weighted by atomic mass is 9.92. The van der Waals surface area contributed by atoms with Gasteiger partial charge in [0.05, 0.1) is 30.3 Å². The lowest BCUT2D eigenvalue weighted by molar-refractivity contribution is 0.0766. The maximum atomic E-state index is 12.9. The number of ether oxygens (including phenoxy) is 1. The van der Waals surface area contributed by atoms with Crippen LogP contribution in [0.25, 0.3) is 17.1 Å². The Morgan fingerprint density at radius 3 is 2.97 bits per heavy atom. The van der Waals surface area contributed by atoms with Gasteiger partial charge in [0.15, 0.2) is 11.6 Å². The van der Waals surface area contributed by atoms with Crippen LogP contribution in [0.15, 0.2) is 30.7 Å². The van der Waals surface area contributed by atoms with Crippen LogP contribution in [-0.4, -0.2) is 75.9 Å². The summed E-state index contributed by atoms with van der Waals surface area (Å²) in [5, 5.41) is 4.37. The smallest absolute Gasteiger partial charge is 0.256 e. The molecule has 2 N–H and O–H groups in total. The highest BCUT2D eigenvalue weighted by atomic mass is 16.5. The number of hydrogen-bond donors (Lipinski definition) is 1. The molecule has 0 spiro atoms. The second-order valence-electron chi connectivity index (χ2n) is 9.47. The number of likely N-dealkylation sites (N-methyl/N-ethyl adjacent to an activating group) is 1. The van der Waals surface area contributed by atoms with Crippen molar-refractivity contribution in [3.05, 3.63) is 53.0 Å². The van der Waals surface area contributed by atoms with Gasteiger partial charge >= 0.3 is 0 Å². The molecule has 1 atom stereocenters. The summed E-state index contributed by atoms with van der Waals surface area (Å²) in [7, 11) is 3.95. The zero-order valence-corrected chi connectivity index (χ0v) is 20.0. The monoisotopic (exact) mass is 461 g/mol. The second kappa shape index (κ2) is 9.15. The van der Waals surface area contributed by atoms with Crippen molar-refractivity contribution in [2.75, 3.05) is 46.1 Å². The van der Waals surface area contributed by atoms with Crippen LogP contribution in [0.3, 0.4) is 0 Å². The van der Waals surface area contributed by atoms with E-state index in [1.165, 1.54) is 21.4 Å². The number of hydrogen-bond acceptors (Lipinski definition) is 7. The number of anilines is 1. The molecule has 34 heavy (non-hydrogen) atoms. The van der Waals surface area contributed by atoms with Gasteiger partial charge in [0.25, 0.3) is 5.91 Å². The minimum absolute atomic E-state index is 0.0877. The van der Waals surface area contributed by atoms with E-state index in [9.17, 15) is 4.79 Å². The SMILES string of the molecule is Cc1cc(-c2cnc(N)c(-n3cc(C(=O)N(C)CC4CCOC4)cn3)n2)cc2c1CCN(C)C2. The second-order valence-corrected chi connectivity index (χ2v) is 9.47. The first-order valence-electron chi connectivity index (χ1n) is 11.7. The third-order valence-corrected chi connectivity index (χ3v) is 6.78. The van der Waals surface area contributed by atoms with E-state index < -0.39 is 0 Å². The quantitative estimate of drug-likeness (QED) is 0.622. The van der Waals surface area contributed by atoms with E-state index in [1.807, 2.05) is 7.05 Å². The van der Waals surface area contributed by atoms with Gasteiger partial charge in [-0.05, 0) is 55.6 Å². The molecule has 0 radical (unpaired) electrons. The van der Waals surface area contributed by atoms with Gasteiger partial charge in [-0.15, -0.1) is 0 Å². The highest BCUT2D eigenvalue weighted by molar-refractivity contribution is 5.93. The van der Waals surface area contributed by atoms with Crippen molar-refractivity contribution in [2.24, 2.45) is 5.92 Å². The van der Waals surface area contributed by atoms with E-state index in [1.54, 1.807) is 23.5 Å². The number of aryl methyl sites for hydroxylation is 1. The van der Waals surface area contributed by atoms with Gasteiger partial charge in [0, 0.05) is 51.0 Å². The molecule has 1 amide bonds. The molecule has 3 aromatic rings. The third kappa shape index (κ3) is 4.41. The van der Waals surface area contributed by atoms with Gasteiger partial charge in [-0.25, -0.2) is 14.6 Å². The Morgan fingerprint density at radius 2 is 2.18 bits per heavy atom. The Kier molecular flexibility index (Phi) is 6.05. The predicted octanol–water partition coefficient (Wildman–Crippen LogP) is 2.32. The summed E-state index contributed by atoms with van der Waals surface area (Å²) in [5.41, 5.74) is 12.4. The van der Waals surface area contributed by atoms with Crippen LogP contribution in [0, 0.1) is 12.8 Å². The summed E-state index contributed by atoms with van der Waals surface area (Å²) < 4.78 is 6.96. The fraction of sp³-hybridized carbons (Fsp3) is 0.440. The van der Waals surface area contributed by atoms with Gasteiger partial charge in [-0.2, -0.15) is 5.10 Å². The Bertz CT molecular complexity index is 1220. The number of nitrogens with zero attached hydrogens (tertiary/aromatic N) is 6. The summed E-state index contributed by atoms with van der Waals surface area (Å²) in [6.45, 7) is 6.27. The van der Waals surface area contributed by atoms with Crippen molar-refractivity contribution in [1.82, 2.24) is 29.5 Å². The number of fused-ring (bicyclic) bond motifs is 1. The Morgan fingerprint density at radius 1 is 1.32 bits per heavy atom. The molecule has 2 aromatic heterocycles. The van der Waals surface area contributed by atoms with Crippen molar-refractivity contribution < 1.29 is 9.53 Å². The molecule has 0 aliphatic carbocycles. The summed E-state index contributed by atoms with van der Waals surface area (Å²) in [6, 6.07) is 4.36. The molecule has 178 valence electrons. The minimum atomic E-state index is -0.0877. The first-order valence-corrected chi connectivity index (χ1v) is 11.7. The number of amides is 1. The van der Waals surface area contributed by atoms with Gasteiger partial charge in [-0.3, -0.25) is 4.79 Å². The summed E-state index contributed by atoms with van der Waals surface area (Å²) >= 11 is 0. The van der Waals surface area contributed by atoms with Gasteiger partial charge in [0.2, 0.25) is 0 Å². The average molecular weight is 462 g/mol. The van der Waals surface area contributed by atoms with Gasteiger partial charge in [-0.1, -0.05) is 0 Å². The van der Waals surface area contributed by atoms with Gasteiger partial charge in [0.1, 0.15) is 0 Å². The van der Waals surface area contributed by atoms with Crippen molar-refractivity contribution in [3.8, 4) is 17.1 Å². The Hall–Kier alpha value is -3.30. The topological polar surface area (TPSA) is 102 Å². The van der Waals surface area contributed by atoms with Crippen LogP contribution in [0.2, 0.25) is 0 Å². The van der Waals surface area contributed by atoms with Crippen LogP contribution >= 0.6 is 0 Å². The molecule has 1 fully saturated rings. The molecular weight excluding hydrogens is 430 g/mol. The van der Waals surface area contributed by atoms with Crippen LogP contribution < -0.4 is 5.73 Å². The molecule has 5 rings (SSSR count). The molecule has 0 saturated carbocycles. The number of aromatic nitrogens is 4. The molecule has 1 aromatic carbocycles. The van der Waals surface area contributed by atoms with Crippen LogP contribution in [0.4, 0.5) is 5.82 Å². The first-order chi connectivity index (χ1) is 16.4. The van der Waals surface area contributed by atoms with Crippen molar-refractivity contribution >= 4 is 11.7 Å². The van der Waals surface area contributed by atoms with Crippen LogP contribution in [0.5, 0.6) is 0 Å². The molecule has 2 aliphatic heterocycles. The van der Waals surface area contributed by atoms with E-state index in [-0.39, 0.29) is 11.7 Å².